The third-order valence-corrected chi connectivity index (χ3v) is 1.84. The molecule has 1 aliphatic rings. The van der Waals surface area contributed by atoms with Gasteiger partial charge in [-0.05, 0) is 7.05 Å². The second-order valence-electron chi connectivity index (χ2n) is 3.54. The minimum atomic E-state index is 0.0694. The molecule has 0 radical (unpaired) electrons. The Morgan fingerprint density at radius 2 is 2.27 bits per heavy atom. The van der Waals surface area contributed by atoms with Gasteiger partial charge in [-0.15, -0.1) is 0 Å². The topological polar surface area (TPSA) is 32.3 Å². The standard InChI is InChI=1S/C8H16N2O/c1-6(2)9-7-4-10(3)5-8(7)11/h6-7,9H,4-5H2,1-3H3. The van der Waals surface area contributed by atoms with E-state index in [-0.39, 0.29) is 6.04 Å². The molecule has 0 saturated carbocycles. The fourth-order valence-electron chi connectivity index (χ4n) is 1.40. The Hall–Kier alpha value is -0.410. The van der Waals surface area contributed by atoms with E-state index in [1.807, 2.05) is 11.9 Å². The fraction of sp³-hybridized carbons (Fsp3) is 0.875. The highest BCUT2D eigenvalue weighted by Crippen LogP contribution is 2.02. The van der Waals surface area contributed by atoms with Crippen molar-refractivity contribution in [2.45, 2.75) is 25.9 Å². The third kappa shape index (κ3) is 2.27. The highest BCUT2D eigenvalue weighted by molar-refractivity contribution is 5.88. The Morgan fingerprint density at radius 3 is 2.64 bits per heavy atom. The highest BCUT2D eigenvalue weighted by atomic mass is 16.1. The zero-order valence-corrected chi connectivity index (χ0v) is 7.42. The quantitative estimate of drug-likeness (QED) is 0.604. The number of carbonyl (C=O) groups is 1. The predicted molar refractivity (Wildman–Crippen MR) is 44.6 cm³/mol. The van der Waals surface area contributed by atoms with Crippen LogP contribution in [0.15, 0.2) is 0 Å². The molecular formula is C8H16N2O. The van der Waals surface area contributed by atoms with Gasteiger partial charge in [0, 0.05) is 12.6 Å². The van der Waals surface area contributed by atoms with Crippen molar-refractivity contribution in [3.05, 3.63) is 0 Å². The summed E-state index contributed by atoms with van der Waals surface area (Å²) >= 11 is 0. The zero-order chi connectivity index (χ0) is 8.43. The fourth-order valence-corrected chi connectivity index (χ4v) is 1.40. The maximum atomic E-state index is 11.2. The van der Waals surface area contributed by atoms with Crippen molar-refractivity contribution in [2.75, 3.05) is 20.1 Å². The normalized spacial score (nSPS) is 26.9. The van der Waals surface area contributed by atoms with Crippen LogP contribution in [0.2, 0.25) is 0 Å². The molecule has 0 aromatic heterocycles. The van der Waals surface area contributed by atoms with Crippen molar-refractivity contribution in [1.29, 1.82) is 0 Å². The van der Waals surface area contributed by atoms with Gasteiger partial charge in [-0.3, -0.25) is 9.69 Å². The van der Waals surface area contributed by atoms with Crippen LogP contribution >= 0.6 is 0 Å². The van der Waals surface area contributed by atoms with Crippen LogP contribution in [-0.2, 0) is 4.79 Å². The first-order chi connectivity index (χ1) is 5.09. The molecule has 1 fully saturated rings. The predicted octanol–water partition coefficient (Wildman–Crippen LogP) is -0.133. The van der Waals surface area contributed by atoms with Crippen molar-refractivity contribution in [3.63, 3.8) is 0 Å². The first-order valence-electron chi connectivity index (χ1n) is 4.07. The van der Waals surface area contributed by atoms with Crippen LogP contribution in [0, 0.1) is 0 Å². The Bertz CT molecular complexity index is 156. The first kappa shape index (κ1) is 8.68. The maximum Gasteiger partial charge on any atom is 0.164 e. The van der Waals surface area contributed by atoms with Crippen molar-refractivity contribution in [1.82, 2.24) is 10.2 Å². The van der Waals surface area contributed by atoms with Crippen LogP contribution < -0.4 is 5.32 Å². The molecule has 1 atom stereocenters. The number of rotatable bonds is 2. The smallest absolute Gasteiger partial charge is 0.164 e. The van der Waals surface area contributed by atoms with Crippen molar-refractivity contribution >= 4 is 5.78 Å². The molecule has 3 heteroatoms. The molecule has 3 nitrogen and oxygen atoms in total. The summed E-state index contributed by atoms with van der Waals surface area (Å²) in [4.78, 5) is 13.3. The molecule has 0 aliphatic carbocycles. The summed E-state index contributed by atoms with van der Waals surface area (Å²) in [5.41, 5.74) is 0. The van der Waals surface area contributed by atoms with E-state index in [2.05, 4.69) is 19.2 Å². The molecular weight excluding hydrogens is 140 g/mol. The molecule has 0 aromatic carbocycles. The summed E-state index contributed by atoms with van der Waals surface area (Å²) in [6.07, 6.45) is 0. The lowest BCUT2D eigenvalue weighted by atomic mass is 10.2. The van der Waals surface area contributed by atoms with Crippen LogP contribution in [-0.4, -0.2) is 42.9 Å². The molecule has 1 saturated heterocycles. The second-order valence-corrected chi connectivity index (χ2v) is 3.54. The van der Waals surface area contributed by atoms with Crippen LogP contribution in [0.3, 0.4) is 0 Å². The van der Waals surface area contributed by atoms with E-state index < -0.39 is 0 Å². The molecule has 1 rings (SSSR count). The van der Waals surface area contributed by atoms with Crippen molar-refractivity contribution in [2.24, 2.45) is 0 Å². The SMILES string of the molecule is CC(C)NC1CN(C)CC1=O. The minimum Gasteiger partial charge on any atom is -0.304 e. The molecule has 64 valence electrons. The van der Waals surface area contributed by atoms with Crippen molar-refractivity contribution < 1.29 is 4.79 Å². The number of hydrogen-bond donors (Lipinski definition) is 1. The lowest BCUT2D eigenvalue weighted by Gasteiger charge is -2.13. The molecule has 0 aromatic rings. The number of Topliss-reactive ketones (excluding diaryl/α,β-unsaturated/α-hetero) is 1. The van der Waals surface area contributed by atoms with Crippen LogP contribution in [0.25, 0.3) is 0 Å². The summed E-state index contributed by atoms with van der Waals surface area (Å²) in [5.74, 6) is 0.321. The molecule has 1 heterocycles. The van der Waals surface area contributed by atoms with E-state index in [1.54, 1.807) is 0 Å². The average Bonchev–Trinajstić information content (AvgIpc) is 2.09. The van der Waals surface area contributed by atoms with Gasteiger partial charge in [0.05, 0.1) is 12.6 Å². The number of nitrogens with zero attached hydrogens (tertiary/aromatic N) is 1. The van der Waals surface area contributed by atoms with Crippen LogP contribution in [0.5, 0.6) is 0 Å². The molecule has 1 unspecified atom stereocenters. The highest BCUT2D eigenvalue weighted by Gasteiger charge is 2.28. The summed E-state index contributed by atoms with van der Waals surface area (Å²) < 4.78 is 0. The van der Waals surface area contributed by atoms with Gasteiger partial charge in [-0.1, -0.05) is 13.8 Å². The van der Waals surface area contributed by atoms with Gasteiger partial charge >= 0.3 is 0 Å². The van der Waals surface area contributed by atoms with E-state index in [0.717, 1.165) is 6.54 Å². The molecule has 0 amide bonds. The van der Waals surface area contributed by atoms with Gasteiger partial charge in [0.15, 0.2) is 5.78 Å². The third-order valence-electron chi connectivity index (χ3n) is 1.84. The van der Waals surface area contributed by atoms with Gasteiger partial charge < -0.3 is 5.32 Å². The van der Waals surface area contributed by atoms with Gasteiger partial charge in [-0.25, -0.2) is 0 Å². The maximum absolute atomic E-state index is 11.2. The number of carbonyl (C=O) groups excluding carboxylic acids is 1. The summed E-state index contributed by atoms with van der Waals surface area (Å²) in [5, 5.41) is 3.23. The molecule has 1 aliphatic heterocycles. The van der Waals surface area contributed by atoms with Gasteiger partial charge in [0.25, 0.3) is 0 Å². The lowest BCUT2D eigenvalue weighted by molar-refractivity contribution is -0.118. The molecule has 1 N–H and O–H groups in total. The molecule has 11 heavy (non-hydrogen) atoms. The summed E-state index contributed by atoms with van der Waals surface area (Å²) in [6, 6.07) is 0.468. The largest absolute Gasteiger partial charge is 0.304 e. The Morgan fingerprint density at radius 1 is 1.64 bits per heavy atom. The number of likely N-dealkylation sites (N-methyl/N-ethyl adjacent to an activating group) is 1. The number of ketones is 1. The monoisotopic (exact) mass is 156 g/mol. The summed E-state index contributed by atoms with van der Waals surface area (Å²) in [7, 11) is 1.97. The minimum absolute atomic E-state index is 0.0694. The van der Waals surface area contributed by atoms with Crippen LogP contribution in [0.1, 0.15) is 13.8 Å². The lowest BCUT2D eigenvalue weighted by Crippen LogP contribution is -2.40. The summed E-state index contributed by atoms with van der Waals surface area (Å²) in [6.45, 7) is 5.58. The first-order valence-corrected chi connectivity index (χ1v) is 4.07. The van der Waals surface area contributed by atoms with E-state index in [4.69, 9.17) is 0 Å². The van der Waals surface area contributed by atoms with Gasteiger partial charge in [-0.2, -0.15) is 0 Å². The molecule has 0 bridgehead atoms. The number of nitrogens with one attached hydrogen (secondary N) is 1. The Kier molecular flexibility index (Phi) is 2.62. The van der Waals surface area contributed by atoms with E-state index in [1.165, 1.54) is 0 Å². The van der Waals surface area contributed by atoms with Gasteiger partial charge in [0.2, 0.25) is 0 Å². The van der Waals surface area contributed by atoms with Crippen molar-refractivity contribution in [3.8, 4) is 0 Å². The van der Waals surface area contributed by atoms with E-state index >= 15 is 0 Å². The average molecular weight is 156 g/mol. The van der Waals surface area contributed by atoms with E-state index in [0.29, 0.717) is 18.4 Å². The molecule has 0 spiro atoms. The number of hydrogen-bond acceptors (Lipinski definition) is 3. The van der Waals surface area contributed by atoms with Crippen LogP contribution in [0.4, 0.5) is 0 Å². The van der Waals surface area contributed by atoms with E-state index in [9.17, 15) is 4.79 Å². The number of likely N-dealkylation sites (tertiary alicyclic amines) is 1. The Balaban J connectivity index is 2.41. The zero-order valence-electron chi connectivity index (χ0n) is 7.42. The second kappa shape index (κ2) is 3.32. The Labute approximate surface area is 67.8 Å². The van der Waals surface area contributed by atoms with Gasteiger partial charge in [0.1, 0.15) is 0 Å².